The highest BCUT2D eigenvalue weighted by molar-refractivity contribution is 7.89. The Morgan fingerprint density at radius 1 is 0.839 bits per heavy atom. The Bertz CT molecular complexity index is 1180. The fraction of sp³-hybridized carbons (Fsp3) is 0.167. The van der Waals surface area contributed by atoms with Crippen LogP contribution < -0.4 is 10.6 Å². The largest absolute Gasteiger partial charge is 0.420 e. The fourth-order valence-corrected chi connectivity index (χ4v) is 7.05. The molecule has 1 aliphatic heterocycles. The Hall–Kier alpha value is -2.82. The van der Waals surface area contributed by atoms with E-state index in [1.165, 1.54) is 4.31 Å². The molecular formula is C24H24NO4PS. The molecule has 4 rings (SSSR count). The topological polar surface area (TPSA) is 63.7 Å². The zero-order chi connectivity index (χ0) is 21.9. The van der Waals surface area contributed by atoms with E-state index in [2.05, 4.69) is 0 Å². The molecule has 0 aromatic heterocycles. The molecule has 0 atom stereocenters. The highest BCUT2D eigenvalue weighted by Crippen LogP contribution is 2.48. The molecular weight excluding hydrogens is 429 g/mol. The summed E-state index contributed by atoms with van der Waals surface area (Å²) in [5.41, 5.74) is 0.974. The van der Waals surface area contributed by atoms with Crippen molar-refractivity contribution < 1.29 is 17.5 Å². The minimum Gasteiger partial charge on any atom is -0.420 e. The normalized spacial score (nSPS) is 14.7. The molecule has 3 aromatic carbocycles. The van der Waals surface area contributed by atoms with Crippen LogP contribution in [-0.2, 0) is 19.1 Å². The number of hydrogen-bond acceptors (Lipinski definition) is 4. The maximum absolute atomic E-state index is 14.3. The molecule has 1 aliphatic rings. The van der Waals surface area contributed by atoms with Gasteiger partial charge < -0.3 is 4.52 Å². The van der Waals surface area contributed by atoms with Gasteiger partial charge in [-0.2, -0.15) is 0 Å². The Balaban J connectivity index is 1.76. The third-order valence-electron chi connectivity index (χ3n) is 5.15. The summed E-state index contributed by atoms with van der Waals surface area (Å²) in [6.07, 6.45) is 3.03. The molecule has 0 spiro atoms. The molecule has 0 fully saturated rings. The van der Waals surface area contributed by atoms with E-state index in [1.807, 2.05) is 19.1 Å². The van der Waals surface area contributed by atoms with Crippen molar-refractivity contribution in [3.8, 4) is 0 Å². The van der Waals surface area contributed by atoms with Crippen molar-refractivity contribution in [2.45, 2.75) is 24.7 Å². The van der Waals surface area contributed by atoms with Crippen LogP contribution in [0.15, 0.2) is 102 Å². The Morgan fingerprint density at radius 2 is 1.39 bits per heavy atom. The smallest absolute Gasteiger partial charge is 0.307 e. The number of hydrogen-bond donors (Lipinski definition) is 0. The van der Waals surface area contributed by atoms with Gasteiger partial charge in [-0.15, -0.1) is 0 Å². The van der Waals surface area contributed by atoms with E-state index in [-0.39, 0.29) is 17.3 Å². The maximum atomic E-state index is 14.3. The minimum absolute atomic E-state index is 0.114. The lowest BCUT2D eigenvalue weighted by Crippen LogP contribution is -2.35. The molecule has 0 aliphatic carbocycles. The van der Waals surface area contributed by atoms with Crippen LogP contribution in [0.4, 0.5) is 0 Å². The van der Waals surface area contributed by atoms with E-state index in [4.69, 9.17) is 4.52 Å². The van der Waals surface area contributed by atoms with Gasteiger partial charge in [0.2, 0.25) is 5.88 Å². The molecule has 5 nitrogen and oxygen atoms in total. The molecule has 0 amide bonds. The first-order chi connectivity index (χ1) is 14.9. The third-order valence-corrected chi connectivity index (χ3v) is 9.36. The van der Waals surface area contributed by atoms with Gasteiger partial charge in [-0.05, 0) is 62.2 Å². The standard InChI is InChI=1S/C24H24NO4PS/c1-20-15-17-23(18-16-20)31(27,28)25-19-9-8-14-24(25)29-30(26,21-10-4-2-5-11-21)22-12-6-3-7-13-22/h2-7,10-18H,8-9,19H2,1H3. The first kappa shape index (κ1) is 21.4. The second-order valence-corrected chi connectivity index (χ2v) is 11.6. The fourth-order valence-electron chi connectivity index (χ4n) is 3.47. The first-order valence-corrected chi connectivity index (χ1v) is 13.2. The maximum Gasteiger partial charge on any atom is 0.307 e. The lowest BCUT2D eigenvalue weighted by Gasteiger charge is -2.32. The van der Waals surface area contributed by atoms with Gasteiger partial charge in [0.1, 0.15) is 0 Å². The van der Waals surface area contributed by atoms with Crippen molar-refractivity contribution in [3.05, 3.63) is 102 Å². The van der Waals surface area contributed by atoms with Crippen LogP contribution >= 0.6 is 7.37 Å². The van der Waals surface area contributed by atoms with E-state index >= 15 is 0 Å². The van der Waals surface area contributed by atoms with Crippen molar-refractivity contribution >= 4 is 28.0 Å². The average Bonchev–Trinajstić information content (AvgIpc) is 2.81. The Kier molecular flexibility index (Phi) is 6.03. The van der Waals surface area contributed by atoms with E-state index < -0.39 is 17.4 Å². The molecule has 0 N–H and O–H groups in total. The number of aryl methyl sites for hydroxylation is 1. The molecule has 0 saturated carbocycles. The van der Waals surface area contributed by atoms with Gasteiger partial charge in [0.25, 0.3) is 10.0 Å². The molecule has 31 heavy (non-hydrogen) atoms. The quantitative estimate of drug-likeness (QED) is 0.513. The SMILES string of the molecule is Cc1ccc(S(=O)(=O)N2CCCC=C2OP(=O)(c2ccccc2)c2ccccc2)cc1. The number of sulfonamides is 1. The number of rotatable bonds is 6. The van der Waals surface area contributed by atoms with Gasteiger partial charge in [0.15, 0.2) is 0 Å². The lowest BCUT2D eigenvalue weighted by molar-refractivity contribution is 0.287. The minimum atomic E-state index is -3.85. The summed E-state index contributed by atoms with van der Waals surface area (Å²) >= 11 is 0. The number of allylic oxidation sites excluding steroid dienone is 1. The highest BCUT2D eigenvalue weighted by Gasteiger charge is 2.36. The highest BCUT2D eigenvalue weighted by atomic mass is 32.2. The molecule has 0 unspecified atom stereocenters. The molecule has 160 valence electrons. The van der Waals surface area contributed by atoms with Crippen LogP contribution in [0.5, 0.6) is 0 Å². The van der Waals surface area contributed by atoms with Gasteiger partial charge in [0, 0.05) is 6.54 Å². The molecule has 1 heterocycles. The predicted octanol–water partition coefficient (Wildman–Crippen LogP) is 4.57. The van der Waals surface area contributed by atoms with Crippen molar-refractivity contribution in [2.24, 2.45) is 0 Å². The molecule has 3 aromatic rings. The van der Waals surface area contributed by atoms with E-state index in [0.29, 0.717) is 23.5 Å². The summed E-state index contributed by atoms with van der Waals surface area (Å²) in [6, 6.07) is 24.6. The molecule has 0 radical (unpaired) electrons. The number of benzene rings is 3. The second-order valence-electron chi connectivity index (χ2n) is 7.39. The molecule has 0 bridgehead atoms. The van der Waals surface area contributed by atoms with Crippen LogP contribution in [0.1, 0.15) is 18.4 Å². The molecule has 0 saturated heterocycles. The van der Waals surface area contributed by atoms with Crippen LogP contribution in [0.25, 0.3) is 0 Å². The van der Waals surface area contributed by atoms with E-state index in [0.717, 1.165) is 5.56 Å². The van der Waals surface area contributed by atoms with Crippen LogP contribution in [0, 0.1) is 6.92 Å². The summed E-state index contributed by atoms with van der Waals surface area (Å²) in [4.78, 5) is 0.184. The average molecular weight is 454 g/mol. The first-order valence-electron chi connectivity index (χ1n) is 10.1. The van der Waals surface area contributed by atoms with Crippen LogP contribution in [0.2, 0.25) is 0 Å². The second kappa shape index (κ2) is 8.74. The van der Waals surface area contributed by atoms with Crippen molar-refractivity contribution in [1.82, 2.24) is 4.31 Å². The van der Waals surface area contributed by atoms with Gasteiger partial charge in [-0.25, -0.2) is 12.7 Å². The summed E-state index contributed by atoms with van der Waals surface area (Å²) in [5.74, 6) is 0.114. The van der Waals surface area contributed by atoms with Crippen molar-refractivity contribution in [1.29, 1.82) is 0 Å². The zero-order valence-corrected chi connectivity index (χ0v) is 18.9. The Morgan fingerprint density at radius 3 is 1.94 bits per heavy atom. The Labute approximate surface area is 183 Å². The summed E-state index contributed by atoms with van der Waals surface area (Å²) in [6.45, 7) is 2.17. The summed E-state index contributed by atoms with van der Waals surface area (Å²) in [5, 5.41) is 1.03. The van der Waals surface area contributed by atoms with Gasteiger partial charge in [-0.1, -0.05) is 54.1 Å². The third kappa shape index (κ3) is 4.32. The van der Waals surface area contributed by atoms with Crippen LogP contribution in [0.3, 0.4) is 0 Å². The molecule has 7 heteroatoms. The zero-order valence-electron chi connectivity index (χ0n) is 17.2. The van der Waals surface area contributed by atoms with Gasteiger partial charge in [-0.3, -0.25) is 4.57 Å². The summed E-state index contributed by atoms with van der Waals surface area (Å²) in [7, 11) is -7.42. The van der Waals surface area contributed by atoms with Gasteiger partial charge in [0.05, 0.1) is 15.5 Å². The summed E-state index contributed by atoms with van der Waals surface area (Å²) < 4.78 is 48.4. The predicted molar refractivity (Wildman–Crippen MR) is 123 cm³/mol. The monoisotopic (exact) mass is 453 g/mol. The van der Waals surface area contributed by atoms with Crippen molar-refractivity contribution in [3.63, 3.8) is 0 Å². The van der Waals surface area contributed by atoms with Crippen molar-refractivity contribution in [2.75, 3.05) is 6.54 Å². The lowest BCUT2D eigenvalue weighted by atomic mass is 10.2. The van der Waals surface area contributed by atoms with Gasteiger partial charge >= 0.3 is 7.37 Å². The van der Waals surface area contributed by atoms with Crippen LogP contribution in [-0.4, -0.2) is 19.3 Å². The van der Waals surface area contributed by atoms with E-state index in [9.17, 15) is 13.0 Å². The van der Waals surface area contributed by atoms with E-state index in [1.54, 1.807) is 78.9 Å². The number of nitrogens with zero attached hydrogens (tertiary/aromatic N) is 1.